The van der Waals surface area contributed by atoms with Gasteiger partial charge in [-0.25, -0.2) is 4.39 Å². The maximum atomic E-state index is 13.1. The zero-order chi connectivity index (χ0) is 9.52. The van der Waals surface area contributed by atoms with Crippen LogP contribution in [0.25, 0.3) is 0 Å². The van der Waals surface area contributed by atoms with Crippen molar-refractivity contribution in [1.82, 2.24) is 4.57 Å². The van der Waals surface area contributed by atoms with E-state index < -0.39 is 0 Å². The van der Waals surface area contributed by atoms with Gasteiger partial charge in [0.05, 0.1) is 0 Å². The quantitative estimate of drug-likeness (QED) is 0.562. The maximum Gasteiger partial charge on any atom is 0.144 e. The smallest absolute Gasteiger partial charge is 0.144 e. The van der Waals surface area contributed by atoms with E-state index in [4.69, 9.17) is 0 Å². The number of rotatable bonds is 0. The van der Waals surface area contributed by atoms with Crippen LogP contribution < -0.4 is 0 Å². The zero-order valence-corrected chi connectivity index (χ0v) is 8.40. The number of aromatic nitrogens is 1. The Morgan fingerprint density at radius 3 is 2.00 bits per heavy atom. The molecule has 0 aromatic carbocycles. The standard InChI is InChI=1S/C10H16FN/c1-7-8(11)6-12(5)9(7)10(2,3)4/h6H,1-5H3. The Kier molecular flexibility index (Phi) is 2.02. The molecule has 0 amide bonds. The van der Waals surface area contributed by atoms with Crippen molar-refractivity contribution in [2.24, 2.45) is 7.05 Å². The highest BCUT2D eigenvalue weighted by atomic mass is 19.1. The lowest BCUT2D eigenvalue weighted by atomic mass is 9.89. The number of hydrogen-bond donors (Lipinski definition) is 0. The van der Waals surface area contributed by atoms with Crippen LogP contribution in [0.3, 0.4) is 0 Å². The van der Waals surface area contributed by atoms with Crippen molar-refractivity contribution in [3.05, 3.63) is 23.3 Å². The Hall–Kier alpha value is -0.790. The van der Waals surface area contributed by atoms with Gasteiger partial charge in [0, 0.05) is 29.9 Å². The number of halogens is 1. The van der Waals surface area contributed by atoms with Crippen LogP contribution >= 0.6 is 0 Å². The molecule has 0 fully saturated rings. The molecule has 1 nitrogen and oxygen atoms in total. The van der Waals surface area contributed by atoms with Crippen LogP contribution in [0.1, 0.15) is 32.0 Å². The summed E-state index contributed by atoms with van der Waals surface area (Å²) in [5.74, 6) is -0.109. The maximum absolute atomic E-state index is 13.1. The van der Waals surface area contributed by atoms with Gasteiger partial charge in [-0.2, -0.15) is 0 Å². The lowest BCUT2D eigenvalue weighted by Gasteiger charge is -2.20. The number of hydrogen-bond acceptors (Lipinski definition) is 0. The van der Waals surface area contributed by atoms with Gasteiger partial charge in [-0.3, -0.25) is 0 Å². The molecule has 68 valence electrons. The third-order valence-electron chi connectivity index (χ3n) is 2.08. The summed E-state index contributed by atoms with van der Waals surface area (Å²) in [5, 5.41) is 0. The minimum absolute atomic E-state index is 0.0170. The van der Waals surface area contributed by atoms with E-state index in [1.807, 2.05) is 18.5 Å². The Labute approximate surface area is 73.2 Å². The molecule has 0 atom stereocenters. The minimum Gasteiger partial charge on any atom is -0.351 e. The summed E-state index contributed by atoms with van der Waals surface area (Å²) in [6, 6.07) is 0. The van der Waals surface area contributed by atoms with Crippen LogP contribution in [0, 0.1) is 12.7 Å². The molecule has 0 radical (unpaired) electrons. The molecule has 1 aromatic rings. The molecular formula is C10H16FN. The predicted molar refractivity (Wildman–Crippen MR) is 48.8 cm³/mol. The highest BCUT2D eigenvalue weighted by molar-refractivity contribution is 5.28. The lowest BCUT2D eigenvalue weighted by molar-refractivity contribution is 0.538. The van der Waals surface area contributed by atoms with Gasteiger partial charge in [-0.15, -0.1) is 0 Å². The van der Waals surface area contributed by atoms with Gasteiger partial charge in [-0.05, 0) is 6.92 Å². The monoisotopic (exact) mass is 169 g/mol. The van der Waals surface area contributed by atoms with Crippen LogP contribution in [0.4, 0.5) is 4.39 Å². The predicted octanol–water partition coefficient (Wildman–Crippen LogP) is 2.77. The fourth-order valence-electron chi connectivity index (χ4n) is 1.80. The molecule has 1 heterocycles. The van der Waals surface area contributed by atoms with Crippen LogP contribution in [-0.2, 0) is 12.5 Å². The summed E-state index contributed by atoms with van der Waals surface area (Å²) in [4.78, 5) is 0. The average Bonchev–Trinajstić information content (AvgIpc) is 2.05. The van der Waals surface area contributed by atoms with Crippen molar-refractivity contribution >= 4 is 0 Å². The second-order valence-corrected chi connectivity index (χ2v) is 4.31. The molecule has 0 saturated carbocycles. The first kappa shape index (κ1) is 9.30. The average molecular weight is 169 g/mol. The molecule has 0 aliphatic heterocycles. The summed E-state index contributed by atoms with van der Waals surface area (Å²) in [6.45, 7) is 8.11. The molecule has 0 aliphatic rings. The van der Waals surface area contributed by atoms with Crippen LogP contribution in [0.5, 0.6) is 0 Å². The molecule has 1 rings (SSSR count). The minimum atomic E-state index is -0.109. The topological polar surface area (TPSA) is 4.93 Å². The first-order valence-corrected chi connectivity index (χ1v) is 4.16. The summed E-state index contributed by atoms with van der Waals surface area (Å²) >= 11 is 0. The Morgan fingerprint density at radius 1 is 1.33 bits per heavy atom. The molecule has 2 heteroatoms. The summed E-state index contributed by atoms with van der Waals surface area (Å²) < 4.78 is 15.0. The molecule has 12 heavy (non-hydrogen) atoms. The zero-order valence-electron chi connectivity index (χ0n) is 8.40. The van der Waals surface area contributed by atoms with Gasteiger partial charge < -0.3 is 4.57 Å². The summed E-state index contributed by atoms with van der Waals surface area (Å²) in [7, 11) is 1.89. The lowest BCUT2D eigenvalue weighted by Crippen LogP contribution is -2.16. The molecule has 0 bridgehead atoms. The first-order chi connectivity index (χ1) is 5.34. The molecular weight excluding hydrogens is 153 g/mol. The van der Waals surface area contributed by atoms with Gasteiger partial charge in [0.2, 0.25) is 0 Å². The largest absolute Gasteiger partial charge is 0.351 e. The van der Waals surface area contributed by atoms with E-state index in [1.54, 1.807) is 0 Å². The van der Waals surface area contributed by atoms with Gasteiger partial charge in [0.15, 0.2) is 0 Å². The van der Waals surface area contributed by atoms with Crippen molar-refractivity contribution in [1.29, 1.82) is 0 Å². The Bertz CT molecular complexity index is 292. The van der Waals surface area contributed by atoms with Crippen molar-refractivity contribution in [2.75, 3.05) is 0 Å². The normalized spacial score (nSPS) is 12.2. The van der Waals surface area contributed by atoms with Crippen molar-refractivity contribution < 1.29 is 4.39 Å². The fourth-order valence-corrected chi connectivity index (χ4v) is 1.80. The number of aryl methyl sites for hydroxylation is 1. The molecule has 0 aliphatic carbocycles. The Morgan fingerprint density at radius 2 is 1.83 bits per heavy atom. The van der Waals surface area contributed by atoms with Gasteiger partial charge in [0.1, 0.15) is 5.82 Å². The fraction of sp³-hybridized carbons (Fsp3) is 0.600. The van der Waals surface area contributed by atoms with E-state index in [1.165, 1.54) is 6.20 Å². The SMILES string of the molecule is Cc1c(F)cn(C)c1C(C)(C)C. The van der Waals surface area contributed by atoms with E-state index in [0.29, 0.717) is 0 Å². The van der Waals surface area contributed by atoms with Crippen molar-refractivity contribution in [3.63, 3.8) is 0 Å². The second-order valence-electron chi connectivity index (χ2n) is 4.31. The molecule has 0 saturated heterocycles. The van der Waals surface area contributed by atoms with Crippen molar-refractivity contribution in [3.8, 4) is 0 Å². The van der Waals surface area contributed by atoms with E-state index in [9.17, 15) is 4.39 Å². The third-order valence-corrected chi connectivity index (χ3v) is 2.08. The third kappa shape index (κ3) is 1.38. The summed E-state index contributed by atoms with van der Waals surface area (Å²) in [5.41, 5.74) is 1.86. The molecule has 1 aromatic heterocycles. The van der Waals surface area contributed by atoms with Crippen LogP contribution in [0.2, 0.25) is 0 Å². The van der Waals surface area contributed by atoms with E-state index in [2.05, 4.69) is 20.8 Å². The second kappa shape index (κ2) is 2.61. The molecule has 0 spiro atoms. The van der Waals surface area contributed by atoms with E-state index in [0.717, 1.165) is 11.3 Å². The van der Waals surface area contributed by atoms with E-state index >= 15 is 0 Å². The number of nitrogens with zero attached hydrogens (tertiary/aromatic N) is 1. The Balaban J connectivity index is 3.32. The summed E-state index contributed by atoms with van der Waals surface area (Å²) in [6.07, 6.45) is 1.54. The van der Waals surface area contributed by atoms with Gasteiger partial charge in [-0.1, -0.05) is 20.8 Å². The van der Waals surface area contributed by atoms with Crippen LogP contribution in [-0.4, -0.2) is 4.57 Å². The van der Waals surface area contributed by atoms with Gasteiger partial charge >= 0.3 is 0 Å². The van der Waals surface area contributed by atoms with Crippen molar-refractivity contribution in [2.45, 2.75) is 33.1 Å². The van der Waals surface area contributed by atoms with Crippen LogP contribution in [0.15, 0.2) is 6.20 Å². The van der Waals surface area contributed by atoms with Gasteiger partial charge in [0.25, 0.3) is 0 Å². The molecule has 0 N–H and O–H groups in total. The first-order valence-electron chi connectivity index (χ1n) is 4.16. The van der Waals surface area contributed by atoms with E-state index in [-0.39, 0.29) is 11.2 Å². The molecule has 0 unspecified atom stereocenters. The highest BCUT2D eigenvalue weighted by Crippen LogP contribution is 2.27. The highest BCUT2D eigenvalue weighted by Gasteiger charge is 2.22.